The Morgan fingerprint density at radius 2 is 0.812 bits per heavy atom. The fraction of sp³-hybridized carbons (Fsp3) is 0. The second kappa shape index (κ2) is 15.8. The molecule has 12 aromatic rings. The molecule has 0 saturated carbocycles. The van der Waals surface area contributed by atoms with Gasteiger partial charge in [0, 0.05) is 33.4 Å². The summed E-state index contributed by atoms with van der Waals surface area (Å²) in [7, 11) is 0. The molecular formula is C62H42N2. The fourth-order valence-corrected chi connectivity index (χ4v) is 9.73. The Morgan fingerprint density at radius 1 is 0.266 bits per heavy atom. The zero-order chi connectivity index (χ0) is 42.4. The summed E-state index contributed by atoms with van der Waals surface area (Å²) >= 11 is 0. The molecule has 0 N–H and O–H groups in total. The number of para-hydroxylation sites is 3. The molecule has 0 amide bonds. The molecule has 2 nitrogen and oxygen atoms in total. The topological polar surface area (TPSA) is 8.17 Å². The van der Waals surface area contributed by atoms with Crippen LogP contribution in [0.2, 0.25) is 0 Å². The van der Waals surface area contributed by atoms with Gasteiger partial charge in [-0.2, -0.15) is 0 Å². The monoisotopic (exact) mass is 814 g/mol. The van der Waals surface area contributed by atoms with Crippen molar-refractivity contribution in [2.45, 2.75) is 0 Å². The molecular weight excluding hydrogens is 773 g/mol. The van der Waals surface area contributed by atoms with Crippen molar-refractivity contribution in [3.63, 3.8) is 0 Å². The van der Waals surface area contributed by atoms with Crippen LogP contribution in [0.5, 0.6) is 0 Å². The first kappa shape index (κ1) is 37.3. The maximum absolute atomic E-state index is 2.43. The molecule has 1 aromatic heterocycles. The molecule has 0 radical (unpaired) electrons. The van der Waals surface area contributed by atoms with Crippen LogP contribution in [0.3, 0.4) is 0 Å². The molecule has 2 heteroatoms. The van der Waals surface area contributed by atoms with E-state index < -0.39 is 0 Å². The number of aromatic nitrogens is 1. The standard InChI is InChI=1S/C62H42N2/c1-3-15-43(16-4-1)44-29-31-45(32-30-44)46-33-37-51(38-34-46)63(52-21-13-18-48(41-52)54-25-14-26-56-53-22-8-7-17-47(53)35-39-57(54)56)60-27-11-9-23-55(60)49-36-40-62-59(42-49)58-24-10-12-28-61(58)64(62)50-19-5-2-6-20-50/h1-42H. The van der Waals surface area contributed by atoms with Gasteiger partial charge in [-0.05, 0) is 121 Å². The van der Waals surface area contributed by atoms with Crippen molar-refractivity contribution in [1.29, 1.82) is 0 Å². The fourth-order valence-electron chi connectivity index (χ4n) is 9.73. The van der Waals surface area contributed by atoms with E-state index in [0.29, 0.717) is 0 Å². The van der Waals surface area contributed by atoms with Crippen LogP contribution < -0.4 is 4.90 Å². The minimum Gasteiger partial charge on any atom is -0.310 e. The molecule has 0 aliphatic rings. The van der Waals surface area contributed by atoms with Crippen LogP contribution in [0.1, 0.15) is 0 Å². The third-order valence-corrected chi connectivity index (χ3v) is 12.8. The Hall–Kier alpha value is -8.46. The van der Waals surface area contributed by atoms with E-state index in [9.17, 15) is 0 Å². The smallest absolute Gasteiger partial charge is 0.0541 e. The summed E-state index contributed by atoms with van der Waals surface area (Å²) in [6.07, 6.45) is 0. The molecule has 0 aliphatic carbocycles. The third kappa shape index (κ3) is 6.52. The minimum absolute atomic E-state index is 1.08. The zero-order valence-corrected chi connectivity index (χ0v) is 35.1. The molecule has 0 atom stereocenters. The highest BCUT2D eigenvalue weighted by Crippen LogP contribution is 2.45. The Kier molecular flexibility index (Phi) is 9.20. The summed E-state index contributed by atoms with van der Waals surface area (Å²) < 4.78 is 2.38. The summed E-state index contributed by atoms with van der Waals surface area (Å²) in [5.41, 5.74) is 16.3. The van der Waals surface area contributed by atoms with Crippen molar-refractivity contribution in [3.8, 4) is 50.2 Å². The van der Waals surface area contributed by atoms with Crippen molar-refractivity contribution < 1.29 is 0 Å². The van der Waals surface area contributed by atoms with Gasteiger partial charge in [-0.15, -0.1) is 0 Å². The average molecular weight is 815 g/mol. The van der Waals surface area contributed by atoms with Gasteiger partial charge in [-0.25, -0.2) is 0 Å². The molecule has 0 saturated heterocycles. The largest absolute Gasteiger partial charge is 0.310 e. The first-order valence-electron chi connectivity index (χ1n) is 22.0. The van der Waals surface area contributed by atoms with Crippen LogP contribution in [0.4, 0.5) is 17.1 Å². The molecule has 0 bridgehead atoms. The van der Waals surface area contributed by atoms with Gasteiger partial charge >= 0.3 is 0 Å². The van der Waals surface area contributed by atoms with Crippen molar-refractivity contribution in [3.05, 3.63) is 255 Å². The van der Waals surface area contributed by atoms with Crippen LogP contribution in [-0.2, 0) is 0 Å². The molecule has 0 fully saturated rings. The number of fused-ring (bicyclic) bond motifs is 6. The van der Waals surface area contributed by atoms with Crippen molar-refractivity contribution in [2.24, 2.45) is 0 Å². The number of nitrogens with zero attached hydrogens (tertiary/aromatic N) is 2. The van der Waals surface area contributed by atoms with Crippen molar-refractivity contribution >= 4 is 60.4 Å². The summed E-state index contributed by atoms with van der Waals surface area (Å²) in [5, 5.41) is 7.50. The Labute approximate surface area is 373 Å². The van der Waals surface area contributed by atoms with Crippen molar-refractivity contribution in [1.82, 2.24) is 4.57 Å². The maximum atomic E-state index is 2.43. The molecule has 64 heavy (non-hydrogen) atoms. The average Bonchev–Trinajstić information content (AvgIpc) is 3.71. The SMILES string of the molecule is c1ccc(-c2ccc(-c3ccc(N(c4cccc(-c5cccc6c5ccc5ccccc56)c4)c4ccccc4-c4ccc5c(c4)c4ccccc4n5-c4ccccc4)cc3)cc2)cc1. The van der Waals surface area contributed by atoms with E-state index in [1.807, 2.05) is 0 Å². The lowest BCUT2D eigenvalue weighted by Gasteiger charge is -2.28. The summed E-state index contributed by atoms with van der Waals surface area (Å²) in [5.74, 6) is 0. The second-order valence-corrected chi connectivity index (χ2v) is 16.5. The predicted molar refractivity (Wildman–Crippen MR) is 272 cm³/mol. The van der Waals surface area contributed by atoms with E-state index in [-0.39, 0.29) is 0 Å². The lowest BCUT2D eigenvalue weighted by atomic mass is 9.94. The molecule has 1 heterocycles. The quantitative estimate of drug-likeness (QED) is 0.139. The summed E-state index contributed by atoms with van der Waals surface area (Å²) in [6.45, 7) is 0. The lowest BCUT2D eigenvalue weighted by molar-refractivity contribution is 1.18. The first-order valence-corrected chi connectivity index (χ1v) is 22.0. The predicted octanol–water partition coefficient (Wildman–Crippen LogP) is 17.2. The second-order valence-electron chi connectivity index (χ2n) is 16.5. The number of anilines is 3. The summed E-state index contributed by atoms with van der Waals surface area (Å²) in [6, 6.07) is 92.7. The Morgan fingerprint density at radius 3 is 1.61 bits per heavy atom. The van der Waals surface area contributed by atoms with E-state index >= 15 is 0 Å². The Bertz CT molecular complexity index is 3640. The van der Waals surface area contributed by atoms with E-state index in [1.165, 1.54) is 76.7 Å². The van der Waals surface area contributed by atoms with E-state index in [1.54, 1.807) is 0 Å². The highest BCUT2D eigenvalue weighted by molar-refractivity contribution is 6.13. The summed E-state index contributed by atoms with van der Waals surface area (Å²) in [4.78, 5) is 2.43. The van der Waals surface area contributed by atoms with Gasteiger partial charge in [0.05, 0.1) is 16.7 Å². The number of hydrogen-bond donors (Lipinski definition) is 0. The van der Waals surface area contributed by atoms with Crippen LogP contribution in [0, 0.1) is 0 Å². The highest BCUT2D eigenvalue weighted by atomic mass is 15.1. The van der Waals surface area contributed by atoms with Gasteiger partial charge < -0.3 is 9.47 Å². The minimum atomic E-state index is 1.08. The van der Waals surface area contributed by atoms with Crippen LogP contribution in [-0.4, -0.2) is 4.57 Å². The van der Waals surface area contributed by atoms with Crippen LogP contribution in [0.25, 0.3) is 93.5 Å². The van der Waals surface area contributed by atoms with Gasteiger partial charge in [-0.3, -0.25) is 0 Å². The highest BCUT2D eigenvalue weighted by Gasteiger charge is 2.20. The van der Waals surface area contributed by atoms with E-state index in [0.717, 1.165) is 33.9 Å². The molecule has 0 unspecified atom stereocenters. The molecule has 12 rings (SSSR count). The number of rotatable bonds is 8. The van der Waals surface area contributed by atoms with E-state index in [2.05, 4.69) is 264 Å². The first-order chi connectivity index (χ1) is 31.7. The zero-order valence-electron chi connectivity index (χ0n) is 35.1. The Balaban J connectivity index is 1.01. The maximum Gasteiger partial charge on any atom is 0.0541 e. The van der Waals surface area contributed by atoms with Crippen LogP contribution >= 0.6 is 0 Å². The van der Waals surface area contributed by atoms with Gasteiger partial charge in [0.15, 0.2) is 0 Å². The molecule has 0 aliphatic heterocycles. The lowest BCUT2D eigenvalue weighted by Crippen LogP contribution is -2.11. The van der Waals surface area contributed by atoms with Gasteiger partial charge in [-0.1, -0.05) is 194 Å². The van der Waals surface area contributed by atoms with Gasteiger partial charge in [0.1, 0.15) is 0 Å². The molecule has 300 valence electrons. The molecule has 11 aromatic carbocycles. The number of benzene rings is 11. The number of hydrogen-bond acceptors (Lipinski definition) is 1. The van der Waals surface area contributed by atoms with E-state index in [4.69, 9.17) is 0 Å². The third-order valence-electron chi connectivity index (χ3n) is 12.8. The van der Waals surface area contributed by atoms with Crippen LogP contribution in [0.15, 0.2) is 255 Å². The van der Waals surface area contributed by atoms with Gasteiger partial charge in [0.25, 0.3) is 0 Å². The normalized spacial score (nSPS) is 11.4. The molecule has 0 spiro atoms. The van der Waals surface area contributed by atoms with Gasteiger partial charge in [0.2, 0.25) is 0 Å². The van der Waals surface area contributed by atoms with Crippen molar-refractivity contribution in [2.75, 3.05) is 4.90 Å².